The van der Waals surface area contributed by atoms with Crippen molar-refractivity contribution in [2.24, 2.45) is 0 Å². The molecule has 0 radical (unpaired) electrons. The summed E-state index contributed by atoms with van der Waals surface area (Å²) in [5.74, 6) is 0. The number of aromatic nitrogens is 1. The molecule has 0 spiro atoms. The zero-order valence-electron chi connectivity index (χ0n) is 7.98. The molecule has 84 valence electrons. The molecule has 16 heavy (non-hydrogen) atoms. The van der Waals surface area contributed by atoms with Crippen LogP contribution >= 0.6 is 33.9 Å². The Balaban J connectivity index is 2.47. The van der Waals surface area contributed by atoms with Crippen LogP contribution in [-0.2, 0) is 0 Å². The first-order valence-electron chi connectivity index (χ1n) is 4.32. The standard InChI is InChI=1S/C9H8IN3O2S/c10-6-2-1-5(3-8(6)13(14)15)7-4-16-9(11)12-7/h1-4,13-14H,(H2,11,12). The van der Waals surface area contributed by atoms with Crippen molar-refractivity contribution in [2.45, 2.75) is 0 Å². The van der Waals surface area contributed by atoms with E-state index in [1.54, 1.807) is 12.1 Å². The smallest absolute Gasteiger partial charge is 0.180 e. The van der Waals surface area contributed by atoms with Crippen molar-refractivity contribution < 1.29 is 10.4 Å². The highest BCUT2D eigenvalue weighted by atomic mass is 127. The molecule has 1 aromatic carbocycles. The summed E-state index contributed by atoms with van der Waals surface area (Å²) in [5.41, 5.74) is 7.29. The molecule has 1 aromatic heterocycles. The Morgan fingerprint density at radius 2 is 2.25 bits per heavy atom. The van der Waals surface area contributed by atoms with Crippen molar-refractivity contribution in [1.82, 2.24) is 4.98 Å². The molecular weight excluding hydrogens is 341 g/mol. The minimum absolute atomic E-state index is 0.282. The third-order valence-corrected chi connectivity index (χ3v) is 3.63. The molecule has 0 saturated heterocycles. The van der Waals surface area contributed by atoms with Crippen molar-refractivity contribution in [1.29, 1.82) is 0 Å². The van der Waals surface area contributed by atoms with E-state index in [0.29, 0.717) is 14.4 Å². The number of nitrogen functional groups attached to an aromatic ring is 1. The van der Waals surface area contributed by atoms with Gasteiger partial charge in [0.15, 0.2) is 10.8 Å². The van der Waals surface area contributed by atoms with Gasteiger partial charge < -0.3 is 10.9 Å². The van der Waals surface area contributed by atoms with Gasteiger partial charge in [0.2, 0.25) is 0 Å². The van der Waals surface area contributed by atoms with E-state index in [-0.39, 0.29) is 5.69 Å². The predicted molar refractivity (Wildman–Crippen MR) is 70.5 cm³/mol. The van der Waals surface area contributed by atoms with Gasteiger partial charge in [0.05, 0.1) is 9.26 Å². The van der Waals surface area contributed by atoms with E-state index in [2.05, 4.69) is 4.98 Å². The second kappa shape index (κ2) is 4.63. The second-order valence-corrected chi connectivity index (χ2v) is 5.12. The summed E-state index contributed by atoms with van der Waals surface area (Å²) in [5, 5.41) is 21.3. The van der Waals surface area contributed by atoms with Gasteiger partial charge in [-0.25, -0.2) is 10.2 Å². The zero-order valence-corrected chi connectivity index (χ0v) is 10.9. The lowest BCUT2D eigenvalue weighted by atomic mass is 10.1. The first-order chi connectivity index (χ1) is 7.58. The number of quaternary nitrogens is 1. The van der Waals surface area contributed by atoms with Gasteiger partial charge in [-0.1, -0.05) is 6.07 Å². The summed E-state index contributed by atoms with van der Waals surface area (Å²) in [6.45, 7) is 0. The normalized spacial score (nSPS) is 12.7. The summed E-state index contributed by atoms with van der Waals surface area (Å²) < 4.78 is 0.706. The number of nitrogens with two attached hydrogens (primary N) is 1. The van der Waals surface area contributed by atoms with E-state index in [9.17, 15) is 5.21 Å². The van der Waals surface area contributed by atoms with E-state index in [0.717, 1.165) is 5.56 Å². The largest absolute Gasteiger partial charge is 0.595 e. The number of rotatable bonds is 2. The number of nitrogens with zero attached hydrogens (tertiary/aromatic N) is 1. The number of nitrogens with one attached hydrogen (secondary N) is 1. The summed E-state index contributed by atoms with van der Waals surface area (Å²) >= 11 is 3.33. The van der Waals surface area contributed by atoms with E-state index in [1.807, 2.05) is 34.0 Å². The maximum Gasteiger partial charge on any atom is 0.180 e. The second-order valence-electron chi connectivity index (χ2n) is 3.07. The average molecular weight is 349 g/mol. The van der Waals surface area contributed by atoms with E-state index in [1.165, 1.54) is 11.3 Å². The van der Waals surface area contributed by atoms with E-state index >= 15 is 0 Å². The molecule has 7 heteroatoms. The molecule has 1 heterocycles. The predicted octanol–water partition coefficient (Wildman–Crippen LogP) is 1.40. The van der Waals surface area contributed by atoms with Crippen molar-refractivity contribution in [2.75, 3.05) is 5.73 Å². The van der Waals surface area contributed by atoms with Gasteiger partial charge in [-0.2, -0.15) is 5.23 Å². The molecule has 0 aliphatic rings. The minimum atomic E-state index is -0.936. The number of benzene rings is 1. The lowest BCUT2D eigenvalue weighted by Gasteiger charge is -2.13. The maximum atomic E-state index is 11.0. The fourth-order valence-electron chi connectivity index (χ4n) is 1.27. The Kier molecular flexibility index (Phi) is 3.40. The Labute approximate surface area is 109 Å². The maximum absolute atomic E-state index is 11.0. The minimum Gasteiger partial charge on any atom is -0.595 e. The van der Waals surface area contributed by atoms with Gasteiger partial charge in [0, 0.05) is 17.0 Å². The third-order valence-electron chi connectivity index (χ3n) is 2.01. The first kappa shape index (κ1) is 11.7. The van der Waals surface area contributed by atoms with Crippen LogP contribution in [0.2, 0.25) is 0 Å². The van der Waals surface area contributed by atoms with Crippen LogP contribution in [0.3, 0.4) is 0 Å². The molecule has 5 nitrogen and oxygen atoms in total. The van der Waals surface area contributed by atoms with Crippen molar-refractivity contribution in [3.8, 4) is 11.3 Å². The fraction of sp³-hybridized carbons (Fsp3) is 0. The molecule has 2 rings (SSSR count). The van der Waals surface area contributed by atoms with Crippen LogP contribution in [0.1, 0.15) is 0 Å². The molecule has 0 aliphatic heterocycles. The van der Waals surface area contributed by atoms with Crippen molar-refractivity contribution in [3.63, 3.8) is 0 Å². The van der Waals surface area contributed by atoms with Crippen LogP contribution < -0.4 is 11.0 Å². The number of hydrogen-bond donors (Lipinski definition) is 3. The number of anilines is 1. The van der Waals surface area contributed by atoms with Crippen LogP contribution in [0.25, 0.3) is 11.3 Å². The summed E-state index contributed by atoms with van der Waals surface area (Å²) in [7, 11) is 0. The molecule has 0 saturated carbocycles. The van der Waals surface area contributed by atoms with Crippen LogP contribution in [-0.4, -0.2) is 10.2 Å². The van der Waals surface area contributed by atoms with Gasteiger partial charge >= 0.3 is 0 Å². The highest BCUT2D eigenvalue weighted by Crippen LogP contribution is 2.26. The van der Waals surface area contributed by atoms with Gasteiger partial charge in [-0.05, 0) is 28.7 Å². The topological polar surface area (TPSA) is 86.6 Å². The molecule has 1 atom stereocenters. The fourth-order valence-corrected chi connectivity index (χ4v) is 2.41. The van der Waals surface area contributed by atoms with Crippen molar-refractivity contribution in [3.05, 3.63) is 32.4 Å². The lowest BCUT2D eigenvalue weighted by Crippen LogP contribution is -2.99. The van der Waals surface area contributed by atoms with Crippen LogP contribution in [0, 0.1) is 8.78 Å². The number of thiazole rings is 1. The average Bonchev–Trinajstić information content (AvgIpc) is 2.65. The Morgan fingerprint density at radius 1 is 1.50 bits per heavy atom. The van der Waals surface area contributed by atoms with Crippen LogP contribution in [0.4, 0.5) is 10.8 Å². The Bertz CT molecular complexity index is 515. The molecule has 0 bridgehead atoms. The SMILES string of the molecule is Nc1nc(-c2ccc(I)c([NH+]([O-])O)c2)cs1. The Morgan fingerprint density at radius 3 is 2.81 bits per heavy atom. The third kappa shape index (κ3) is 2.33. The summed E-state index contributed by atoms with van der Waals surface area (Å²) in [6, 6.07) is 5.20. The monoisotopic (exact) mass is 349 g/mol. The highest BCUT2D eigenvalue weighted by molar-refractivity contribution is 14.1. The molecule has 1 unspecified atom stereocenters. The highest BCUT2D eigenvalue weighted by Gasteiger charge is 2.10. The van der Waals surface area contributed by atoms with E-state index < -0.39 is 5.23 Å². The first-order valence-corrected chi connectivity index (χ1v) is 6.28. The summed E-state index contributed by atoms with van der Waals surface area (Å²) in [6.07, 6.45) is 0. The van der Waals surface area contributed by atoms with Crippen molar-refractivity contribution >= 4 is 44.7 Å². The molecule has 4 N–H and O–H groups in total. The number of halogens is 1. The molecule has 0 aliphatic carbocycles. The molecule has 0 fully saturated rings. The molecular formula is C9H8IN3O2S. The van der Waals surface area contributed by atoms with Gasteiger partial charge in [0.1, 0.15) is 0 Å². The van der Waals surface area contributed by atoms with Crippen LogP contribution in [0.15, 0.2) is 23.6 Å². The lowest BCUT2D eigenvalue weighted by molar-refractivity contribution is -0.991. The Hall–Kier alpha value is -0.740. The van der Waals surface area contributed by atoms with Gasteiger partial charge in [0.25, 0.3) is 0 Å². The molecule has 0 amide bonds. The van der Waals surface area contributed by atoms with Gasteiger partial charge in [-0.3, -0.25) is 0 Å². The quantitative estimate of drug-likeness (QED) is 0.565. The number of hydrogen-bond acceptors (Lipinski definition) is 5. The van der Waals surface area contributed by atoms with E-state index in [4.69, 9.17) is 10.9 Å². The van der Waals surface area contributed by atoms with Gasteiger partial charge in [-0.15, -0.1) is 11.3 Å². The van der Waals surface area contributed by atoms with Crippen LogP contribution in [0.5, 0.6) is 0 Å². The zero-order chi connectivity index (χ0) is 11.7. The summed E-state index contributed by atoms with van der Waals surface area (Å²) in [4.78, 5) is 4.11. The molecule has 2 aromatic rings.